The summed E-state index contributed by atoms with van der Waals surface area (Å²) < 4.78 is 5.55. The van der Waals surface area contributed by atoms with Crippen molar-refractivity contribution in [2.45, 2.75) is 44.2 Å². The number of carbonyl (C=O) groups excluding carboxylic acids is 1. The number of carbonyl (C=O) groups is 1. The molecule has 0 spiro atoms. The van der Waals surface area contributed by atoms with Gasteiger partial charge in [0, 0.05) is 51.3 Å². The lowest BCUT2D eigenvalue weighted by atomic mass is 9.92. The average molecular weight is 291 g/mol. The molecule has 1 atom stereocenters. The molecule has 0 bridgehead atoms. The van der Waals surface area contributed by atoms with Gasteiger partial charge in [-0.2, -0.15) is 0 Å². The highest BCUT2D eigenvalue weighted by Crippen LogP contribution is 2.31. The number of nitrogens with zero attached hydrogens (tertiary/aromatic N) is 2. The van der Waals surface area contributed by atoms with Crippen LogP contribution in [0.5, 0.6) is 0 Å². The minimum atomic E-state index is 0.128. The molecular formula is C16H25N3O2. The normalized spacial score (nSPS) is 23.0. The second kappa shape index (κ2) is 6.10. The fraction of sp³-hybridized carbons (Fsp3) is 0.688. The first-order valence-electron chi connectivity index (χ1n) is 7.93. The van der Waals surface area contributed by atoms with Crippen molar-refractivity contribution in [1.82, 2.24) is 15.1 Å². The molecule has 1 aromatic heterocycles. The van der Waals surface area contributed by atoms with Crippen LogP contribution in [0, 0.1) is 0 Å². The molecule has 0 aromatic carbocycles. The number of aryl methyl sites for hydroxylation is 1. The molecule has 3 rings (SSSR count). The topological polar surface area (TPSA) is 48.7 Å². The Hall–Kier alpha value is -1.49. The number of hydrogen-bond acceptors (Lipinski definition) is 3. The van der Waals surface area contributed by atoms with E-state index in [-0.39, 0.29) is 6.03 Å². The number of likely N-dealkylation sites (tertiary alicyclic amines) is 1. The second-order valence-electron chi connectivity index (χ2n) is 6.35. The lowest BCUT2D eigenvalue weighted by Gasteiger charge is -2.36. The van der Waals surface area contributed by atoms with Crippen molar-refractivity contribution >= 4 is 6.03 Å². The van der Waals surface area contributed by atoms with Crippen LogP contribution in [0.1, 0.15) is 43.0 Å². The third kappa shape index (κ3) is 3.07. The van der Waals surface area contributed by atoms with Gasteiger partial charge in [0.2, 0.25) is 0 Å². The van der Waals surface area contributed by atoms with Crippen LogP contribution in [-0.2, 0) is 6.42 Å². The Kier molecular flexibility index (Phi) is 4.19. The minimum Gasteiger partial charge on any atom is -0.469 e. The summed E-state index contributed by atoms with van der Waals surface area (Å²) in [6, 6.07) is 3.16. The van der Waals surface area contributed by atoms with Crippen LogP contribution in [-0.4, -0.2) is 49.1 Å². The van der Waals surface area contributed by atoms with Crippen LogP contribution in [0.4, 0.5) is 4.79 Å². The molecule has 2 amide bonds. The Balaban J connectivity index is 1.54. The third-order valence-electron chi connectivity index (χ3n) is 4.64. The van der Waals surface area contributed by atoms with Gasteiger partial charge in [0.1, 0.15) is 5.76 Å². The van der Waals surface area contributed by atoms with Crippen molar-refractivity contribution in [3.05, 3.63) is 23.7 Å². The molecule has 21 heavy (non-hydrogen) atoms. The van der Waals surface area contributed by atoms with Gasteiger partial charge in [0.15, 0.2) is 0 Å². The number of hydrogen-bond donors (Lipinski definition) is 1. The molecule has 1 aromatic rings. The lowest BCUT2D eigenvalue weighted by molar-refractivity contribution is 0.150. The number of fused-ring (bicyclic) bond motifs is 1. The minimum absolute atomic E-state index is 0.128. The maximum atomic E-state index is 11.9. The van der Waals surface area contributed by atoms with E-state index < -0.39 is 0 Å². The summed E-state index contributed by atoms with van der Waals surface area (Å²) in [6.07, 6.45) is 7.31. The van der Waals surface area contributed by atoms with E-state index in [9.17, 15) is 4.79 Å². The van der Waals surface area contributed by atoms with Gasteiger partial charge in [-0.3, -0.25) is 0 Å². The van der Waals surface area contributed by atoms with Crippen molar-refractivity contribution in [3.63, 3.8) is 0 Å². The molecule has 0 radical (unpaired) electrons. The summed E-state index contributed by atoms with van der Waals surface area (Å²) in [6.45, 7) is 1.69. The number of piperidine rings is 1. The molecule has 1 fully saturated rings. The monoisotopic (exact) mass is 291 g/mol. The zero-order valence-electron chi connectivity index (χ0n) is 13.0. The SMILES string of the molecule is CN(C)C(=O)N1CCC(NC2CCCc3occc32)CC1. The molecule has 5 heteroatoms. The summed E-state index contributed by atoms with van der Waals surface area (Å²) >= 11 is 0. The number of furan rings is 1. The first kappa shape index (κ1) is 14.4. The van der Waals surface area contributed by atoms with E-state index in [0.717, 1.165) is 38.1 Å². The van der Waals surface area contributed by atoms with Crippen molar-refractivity contribution in [2.75, 3.05) is 27.2 Å². The molecular weight excluding hydrogens is 266 g/mol. The smallest absolute Gasteiger partial charge is 0.319 e. The fourth-order valence-corrected chi connectivity index (χ4v) is 3.46. The van der Waals surface area contributed by atoms with Crippen molar-refractivity contribution < 1.29 is 9.21 Å². The maximum absolute atomic E-state index is 11.9. The fourth-order valence-electron chi connectivity index (χ4n) is 3.46. The summed E-state index contributed by atoms with van der Waals surface area (Å²) in [5.74, 6) is 1.15. The zero-order valence-corrected chi connectivity index (χ0v) is 13.0. The van der Waals surface area contributed by atoms with Crippen LogP contribution in [0.2, 0.25) is 0 Å². The standard InChI is InChI=1S/C16H25N3O2/c1-18(2)16(20)19-9-6-12(7-10-19)17-14-4-3-5-15-13(14)8-11-21-15/h8,11-12,14,17H,3-7,9-10H2,1-2H3. The molecule has 2 heterocycles. The molecule has 1 N–H and O–H groups in total. The van der Waals surface area contributed by atoms with Gasteiger partial charge in [-0.05, 0) is 31.7 Å². The van der Waals surface area contributed by atoms with Gasteiger partial charge in [-0.15, -0.1) is 0 Å². The largest absolute Gasteiger partial charge is 0.469 e. The zero-order chi connectivity index (χ0) is 14.8. The molecule has 5 nitrogen and oxygen atoms in total. The summed E-state index contributed by atoms with van der Waals surface area (Å²) in [4.78, 5) is 15.5. The Labute approximate surface area is 126 Å². The number of urea groups is 1. The quantitative estimate of drug-likeness (QED) is 0.910. The van der Waals surface area contributed by atoms with Gasteiger partial charge in [-0.1, -0.05) is 0 Å². The van der Waals surface area contributed by atoms with Crippen LogP contribution >= 0.6 is 0 Å². The molecule has 2 aliphatic rings. The second-order valence-corrected chi connectivity index (χ2v) is 6.35. The number of rotatable bonds is 2. The van der Waals surface area contributed by atoms with E-state index in [4.69, 9.17) is 4.42 Å². The van der Waals surface area contributed by atoms with E-state index in [1.807, 2.05) is 25.3 Å². The highest BCUT2D eigenvalue weighted by Gasteiger charge is 2.28. The Morgan fingerprint density at radius 2 is 2.10 bits per heavy atom. The van der Waals surface area contributed by atoms with Gasteiger partial charge in [-0.25, -0.2) is 4.79 Å². The van der Waals surface area contributed by atoms with E-state index in [1.54, 1.807) is 4.90 Å². The lowest BCUT2D eigenvalue weighted by Crippen LogP contribution is -2.48. The molecule has 1 aliphatic carbocycles. The van der Waals surface area contributed by atoms with E-state index in [2.05, 4.69) is 11.4 Å². The van der Waals surface area contributed by atoms with Gasteiger partial charge in [0.25, 0.3) is 0 Å². The highest BCUT2D eigenvalue weighted by molar-refractivity contribution is 5.73. The van der Waals surface area contributed by atoms with Crippen LogP contribution < -0.4 is 5.32 Å². The average Bonchev–Trinajstić information content (AvgIpc) is 2.97. The van der Waals surface area contributed by atoms with Gasteiger partial charge >= 0.3 is 6.03 Å². The number of amides is 2. The molecule has 0 saturated carbocycles. The molecule has 116 valence electrons. The van der Waals surface area contributed by atoms with Crippen molar-refractivity contribution in [2.24, 2.45) is 0 Å². The summed E-state index contributed by atoms with van der Waals surface area (Å²) in [5.41, 5.74) is 1.34. The molecule has 1 saturated heterocycles. The third-order valence-corrected chi connectivity index (χ3v) is 4.64. The predicted octanol–water partition coefficient (Wildman–Crippen LogP) is 2.39. The Morgan fingerprint density at radius 3 is 2.81 bits per heavy atom. The Morgan fingerprint density at radius 1 is 1.33 bits per heavy atom. The first-order chi connectivity index (χ1) is 10.1. The molecule has 1 unspecified atom stereocenters. The number of nitrogens with one attached hydrogen (secondary N) is 1. The highest BCUT2D eigenvalue weighted by atomic mass is 16.3. The van der Waals surface area contributed by atoms with Crippen molar-refractivity contribution in [3.8, 4) is 0 Å². The van der Waals surface area contributed by atoms with Crippen LogP contribution in [0.3, 0.4) is 0 Å². The van der Waals surface area contributed by atoms with E-state index in [0.29, 0.717) is 12.1 Å². The van der Waals surface area contributed by atoms with Crippen LogP contribution in [0.25, 0.3) is 0 Å². The van der Waals surface area contributed by atoms with Gasteiger partial charge in [0.05, 0.1) is 6.26 Å². The Bertz CT molecular complexity index is 489. The van der Waals surface area contributed by atoms with E-state index >= 15 is 0 Å². The summed E-state index contributed by atoms with van der Waals surface area (Å²) in [7, 11) is 3.63. The molecule has 1 aliphatic heterocycles. The summed E-state index contributed by atoms with van der Waals surface area (Å²) in [5, 5.41) is 3.78. The van der Waals surface area contributed by atoms with E-state index in [1.165, 1.54) is 18.4 Å². The first-order valence-corrected chi connectivity index (χ1v) is 7.93. The predicted molar refractivity (Wildman–Crippen MR) is 81.2 cm³/mol. The van der Waals surface area contributed by atoms with Crippen molar-refractivity contribution in [1.29, 1.82) is 0 Å². The maximum Gasteiger partial charge on any atom is 0.319 e. The van der Waals surface area contributed by atoms with Gasteiger partial charge < -0.3 is 19.5 Å². The van der Waals surface area contributed by atoms with Crippen LogP contribution in [0.15, 0.2) is 16.7 Å².